The highest BCUT2D eigenvalue weighted by atomic mass is 79.9. The number of rotatable bonds is 4. The number of hydrogen-bond donors (Lipinski definition) is 0. The lowest BCUT2D eigenvalue weighted by Crippen LogP contribution is -2.34. The average molecular weight is 810 g/mol. The fourth-order valence-corrected chi connectivity index (χ4v) is 9.03. The van der Waals surface area contributed by atoms with Crippen LogP contribution in [0.4, 0.5) is 5.69 Å². The molecule has 0 aromatic heterocycles. The first kappa shape index (κ1) is 34.6. The van der Waals surface area contributed by atoms with Crippen molar-refractivity contribution in [2.75, 3.05) is 48.5 Å². The van der Waals surface area contributed by atoms with Crippen LogP contribution in [0.1, 0.15) is 51.0 Å². The Labute approximate surface area is 308 Å². The number of benzene rings is 4. The zero-order valence-corrected chi connectivity index (χ0v) is 32.1. The van der Waals surface area contributed by atoms with Gasteiger partial charge in [0.05, 0.1) is 41.3 Å². The third-order valence-electron chi connectivity index (χ3n) is 10.4. The van der Waals surface area contributed by atoms with Gasteiger partial charge in [0.15, 0.2) is 23.0 Å². The Bertz CT molecular complexity index is 2000. The van der Waals surface area contributed by atoms with Crippen LogP contribution in [-0.4, -0.2) is 63.2 Å². The van der Waals surface area contributed by atoms with Crippen molar-refractivity contribution in [1.29, 1.82) is 0 Å². The molecule has 4 aromatic rings. The van der Waals surface area contributed by atoms with Gasteiger partial charge in [0.1, 0.15) is 11.5 Å². The molecule has 0 saturated heterocycles. The number of likely N-dealkylation sites (N-methyl/N-ethyl adjacent to an activating group) is 2. The predicted molar refractivity (Wildman–Crippen MR) is 198 cm³/mol. The zero-order valence-electron chi connectivity index (χ0n) is 28.9. The van der Waals surface area contributed by atoms with Gasteiger partial charge in [-0.15, -0.1) is 0 Å². The van der Waals surface area contributed by atoms with Crippen molar-refractivity contribution in [3.63, 3.8) is 0 Å². The minimum Gasteiger partial charge on any atom is -0.493 e. The van der Waals surface area contributed by atoms with E-state index >= 15 is 0 Å². The predicted octanol–water partition coefficient (Wildman–Crippen LogP) is 8.90. The van der Waals surface area contributed by atoms with E-state index in [1.54, 1.807) is 14.2 Å². The molecule has 4 aliphatic rings. The van der Waals surface area contributed by atoms with Gasteiger partial charge in [-0.1, -0.05) is 18.2 Å². The minimum absolute atomic E-state index is 0.0749. The molecule has 262 valence electrons. The normalized spacial score (nSPS) is 18.6. The SMILES string of the molecule is COc1cc([N+](=O)[O-])c2c(Br)c1Oc1ccc(cc1)C[C@H]1c3cc(c(C)cc3CCN1C)Oc1c(OC)c(OC)c(Br)c3c1[C@H](C2)N(C)CC3. The second kappa shape index (κ2) is 13.7. The Morgan fingerprint density at radius 3 is 2.20 bits per heavy atom. The van der Waals surface area contributed by atoms with E-state index in [9.17, 15) is 10.1 Å². The van der Waals surface area contributed by atoms with E-state index in [0.717, 1.165) is 51.9 Å². The molecule has 0 fully saturated rings. The summed E-state index contributed by atoms with van der Waals surface area (Å²) in [4.78, 5) is 16.9. The summed E-state index contributed by atoms with van der Waals surface area (Å²) < 4.78 is 32.4. The Kier molecular flexibility index (Phi) is 9.48. The van der Waals surface area contributed by atoms with Gasteiger partial charge >= 0.3 is 0 Å². The van der Waals surface area contributed by atoms with Crippen LogP contribution in [0.2, 0.25) is 0 Å². The first-order chi connectivity index (χ1) is 24.0. The molecule has 0 spiro atoms. The number of nitrogens with zero attached hydrogens (tertiary/aromatic N) is 3. The third-order valence-corrected chi connectivity index (χ3v) is 12.0. The highest BCUT2D eigenvalue weighted by Gasteiger charge is 2.38. The largest absolute Gasteiger partial charge is 0.493 e. The molecule has 6 bridgehead atoms. The van der Waals surface area contributed by atoms with E-state index < -0.39 is 0 Å². The van der Waals surface area contributed by atoms with Crippen molar-refractivity contribution in [2.24, 2.45) is 0 Å². The van der Waals surface area contributed by atoms with Crippen LogP contribution in [0.3, 0.4) is 0 Å². The monoisotopic (exact) mass is 807 g/mol. The molecule has 12 heteroatoms. The molecule has 2 atom stereocenters. The lowest BCUT2D eigenvalue weighted by atomic mass is 9.86. The topological polar surface area (TPSA) is 95.8 Å². The van der Waals surface area contributed by atoms with Gasteiger partial charge < -0.3 is 23.7 Å². The molecular weight excluding hydrogens is 770 g/mol. The van der Waals surface area contributed by atoms with Crippen LogP contribution in [0.15, 0.2) is 51.4 Å². The molecule has 4 heterocycles. The average Bonchev–Trinajstić information content (AvgIpc) is 3.10. The summed E-state index contributed by atoms with van der Waals surface area (Å²) in [5.41, 5.74) is 6.99. The summed E-state index contributed by atoms with van der Waals surface area (Å²) in [5.74, 6) is 3.47. The van der Waals surface area contributed by atoms with Crippen molar-refractivity contribution in [3.05, 3.63) is 100 Å². The first-order valence-corrected chi connectivity index (χ1v) is 18.1. The molecule has 0 amide bonds. The summed E-state index contributed by atoms with van der Waals surface area (Å²) in [6.07, 6.45) is 2.69. The summed E-state index contributed by atoms with van der Waals surface area (Å²) in [6.45, 7) is 3.73. The molecule has 4 aromatic carbocycles. The van der Waals surface area contributed by atoms with Crippen molar-refractivity contribution >= 4 is 37.5 Å². The first-order valence-electron chi connectivity index (χ1n) is 16.5. The molecule has 0 radical (unpaired) electrons. The van der Waals surface area contributed by atoms with Crippen molar-refractivity contribution in [2.45, 2.75) is 44.7 Å². The quantitative estimate of drug-likeness (QED) is 0.148. The molecule has 10 nitrogen and oxygen atoms in total. The Hall–Kier alpha value is -3.84. The number of halogens is 2. The second-order valence-corrected chi connectivity index (χ2v) is 14.7. The van der Waals surface area contributed by atoms with Crippen LogP contribution < -0.4 is 23.7 Å². The van der Waals surface area contributed by atoms with Crippen LogP contribution in [-0.2, 0) is 25.7 Å². The standard InChI is InChI=1S/C38H39Br2N3O7/c1-20-15-22-11-13-41(2)27-16-21-7-9-23(10-8-21)49-35-31(46-4)19-28(43(44)45)26(34(35)40)17-29-32-24(12-14-42(29)3)33(39)37(47-5)38(48-6)36(32)50-30(20)18-25(22)27/h7-10,15,18-19,27,29H,11-14,16-17H2,1-6H3/t27-,29-/m0/s1. The van der Waals surface area contributed by atoms with Gasteiger partial charge in [0, 0.05) is 42.7 Å². The maximum Gasteiger partial charge on any atom is 0.277 e. The van der Waals surface area contributed by atoms with Gasteiger partial charge in [-0.3, -0.25) is 19.9 Å². The van der Waals surface area contributed by atoms with Crippen LogP contribution >= 0.6 is 31.9 Å². The van der Waals surface area contributed by atoms with Gasteiger partial charge in [-0.25, -0.2) is 0 Å². The molecule has 0 saturated carbocycles. The number of nitro benzene ring substituents is 1. The molecule has 0 unspecified atom stereocenters. The number of nitro groups is 1. The smallest absolute Gasteiger partial charge is 0.277 e. The second-order valence-electron chi connectivity index (χ2n) is 13.1. The highest BCUT2D eigenvalue weighted by molar-refractivity contribution is 9.11. The number of aryl methyl sites for hydroxylation is 1. The summed E-state index contributed by atoms with van der Waals surface area (Å²) in [6, 6.07) is 13.7. The van der Waals surface area contributed by atoms with Crippen LogP contribution in [0, 0.1) is 17.0 Å². The lowest BCUT2D eigenvalue weighted by molar-refractivity contribution is -0.385. The number of fused-ring (bicyclic) bond motifs is 2. The summed E-state index contributed by atoms with van der Waals surface area (Å²) in [5, 5.41) is 12.6. The van der Waals surface area contributed by atoms with E-state index in [1.165, 1.54) is 24.3 Å². The van der Waals surface area contributed by atoms with E-state index in [1.807, 2.05) is 19.2 Å². The molecule has 0 N–H and O–H groups in total. The molecule has 8 rings (SSSR count). The van der Waals surface area contributed by atoms with Crippen LogP contribution in [0.25, 0.3) is 0 Å². The van der Waals surface area contributed by atoms with E-state index in [-0.39, 0.29) is 34.9 Å². The van der Waals surface area contributed by atoms with E-state index in [2.05, 4.69) is 79.9 Å². The van der Waals surface area contributed by atoms with E-state index in [4.69, 9.17) is 23.7 Å². The molecular formula is C38H39Br2N3O7. The van der Waals surface area contributed by atoms with Crippen molar-refractivity contribution < 1.29 is 28.6 Å². The van der Waals surface area contributed by atoms with Gasteiger partial charge in [-0.05, 0) is 118 Å². The number of ether oxygens (including phenoxy) is 5. The van der Waals surface area contributed by atoms with Crippen molar-refractivity contribution in [3.8, 4) is 40.2 Å². The maximum absolute atomic E-state index is 12.6. The van der Waals surface area contributed by atoms with Crippen LogP contribution in [0.5, 0.6) is 40.2 Å². The fraction of sp³-hybridized carbons (Fsp3) is 0.368. The van der Waals surface area contributed by atoms with E-state index in [0.29, 0.717) is 51.7 Å². The Balaban J connectivity index is 1.53. The van der Waals surface area contributed by atoms with Gasteiger partial charge in [0.2, 0.25) is 5.75 Å². The highest BCUT2D eigenvalue weighted by Crippen LogP contribution is 2.55. The third kappa shape index (κ3) is 5.89. The molecule has 50 heavy (non-hydrogen) atoms. The fourth-order valence-electron chi connectivity index (χ4n) is 7.64. The van der Waals surface area contributed by atoms with Gasteiger partial charge in [0.25, 0.3) is 5.69 Å². The minimum atomic E-state index is -0.372. The number of hydrogen-bond acceptors (Lipinski definition) is 9. The molecule has 4 aliphatic heterocycles. The summed E-state index contributed by atoms with van der Waals surface area (Å²) in [7, 11) is 8.91. The van der Waals surface area contributed by atoms with Crippen molar-refractivity contribution in [1.82, 2.24) is 9.80 Å². The molecule has 0 aliphatic carbocycles. The van der Waals surface area contributed by atoms with Gasteiger partial charge in [-0.2, -0.15) is 0 Å². The lowest BCUT2D eigenvalue weighted by Gasteiger charge is -2.38. The Morgan fingerprint density at radius 1 is 0.820 bits per heavy atom. The number of methoxy groups -OCH3 is 3. The maximum atomic E-state index is 12.6. The Morgan fingerprint density at radius 2 is 1.52 bits per heavy atom. The summed E-state index contributed by atoms with van der Waals surface area (Å²) >= 11 is 7.58. The zero-order chi connectivity index (χ0) is 35.4.